The highest BCUT2D eigenvalue weighted by molar-refractivity contribution is 5.80. The molecule has 1 atom stereocenters. The van der Waals surface area contributed by atoms with E-state index in [0.717, 1.165) is 5.56 Å². The Hall–Kier alpha value is -1.55. The molecule has 1 aromatic carbocycles. The fourth-order valence-electron chi connectivity index (χ4n) is 1.20. The summed E-state index contributed by atoms with van der Waals surface area (Å²) in [7, 11) is 0. The fraction of sp³-hybridized carbons (Fsp3) is 0.364. The zero-order valence-corrected chi connectivity index (χ0v) is 8.73. The number of para-hydroxylation sites is 1. The van der Waals surface area contributed by atoms with Crippen LogP contribution in [0.2, 0.25) is 0 Å². The Morgan fingerprint density at radius 1 is 1.53 bits per heavy atom. The number of hydrogen-bond acceptors (Lipinski definition) is 3. The van der Waals surface area contributed by atoms with Crippen molar-refractivity contribution in [2.75, 3.05) is 6.54 Å². The highest BCUT2D eigenvalue weighted by Crippen LogP contribution is 2.15. The SMILES string of the molecule is CC(N)C(=O)NCCc1ccccc1O. The van der Waals surface area contributed by atoms with Crippen molar-refractivity contribution in [3.63, 3.8) is 0 Å². The molecule has 4 nitrogen and oxygen atoms in total. The molecule has 4 heteroatoms. The summed E-state index contributed by atoms with van der Waals surface area (Å²) in [6, 6.07) is 6.58. The van der Waals surface area contributed by atoms with Crippen molar-refractivity contribution < 1.29 is 9.90 Å². The molecule has 1 aromatic rings. The number of amides is 1. The van der Waals surface area contributed by atoms with Gasteiger partial charge >= 0.3 is 0 Å². The average molecular weight is 208 g/mol. The molecular formula is C11H16N2O2. The summed E-state index contributed by atoms with van der Waals surface area (Å²) in [4.78, 5) is 11.1. The molecular weight excluding hydrogens is 192 g/mol. The van der Waals surface area contributed by atoms with Crippen LogP contribution in [-0.4, -0.2) is 23.6 Å². The van der Waals surface area contributed by atoms with Crippen molar-refractivity contribution in [3.05, 3.63) is 29.8 Å². The van der Waals surface area contributed by atoms with Gasteiger partial charge in [-0.1, -0.05) is 18.2 Å². The van der Waals surface area contributed by atoms with E-state index in [-0.39, 0.29) is 11.7 Å². The van der Waals surface area contributed by atoms with Crippen LogP contribution in [-0.2, 0) is 11.2 Å². The average Bonchev–Trinajstić information content (AvgIpc) is 2.20. The second kappa shape index (κ2) is 5.36. The van der Waals surface area contributed by atoms with Crippen LogP contribution in [0.15, 0.2) is 24.3 Å². The number of rotatable bonds is 4. The van der Waals surface area contributed by atoms with E-state index in [1.165, 1.54) is 0 Å². The van der Waals surface area contributed by atoms with E-state index in [4.69, 9.17) is 5.73 Å². The Morgan fingerprint density at radius 2 is 2.20 bits per heavy atom. The third kappa shape index (κ3) is 3.59. The van der Waals surface area contributed by atoms with Crippen LogP contribution in [0, 0.1) is 0 Å². The van der Waals surface area contributed by atoms with E-state index in [1.54, 1.807) is 19.1 Å². The first-order valence-corrected chi connectivity index (χ1v) is 4.91. The predicted molar refractivity (Wildman–Crippen MR) is 58.5 cm³/mol. The monoisotopic (exact) mass is 208 g/mol. The Labute approximate surface area is 89.1 Å². The molecule has 0 aromatic heterocycles. The van der Waals surface area contributed by atoms with Crippen LogP contribution in [0.4, 0.5) is 0 Å². The Bertz CT molecular complexity index is 337. The minimum atomic E-state index is -0.491. The van der Waals surface area contributed by atoms with Gasteiger partial charge in [-0.3, -0.25) is 4.79 Å². The molecule has 0 spiro atoms. The summed E-state index contributed by atoms with van der Waals surface area (Å²) in [5, 5.41) is 12.1. The molecule has 0 saturated carbocycles. The summed E-state index contributed by atoms with van der Waals surface area (Å²) in [6.45, 7) is 2.12. The lowest BCUT2D eigenvalue weighted by molar-refractivity contribution is -0.121. The number of nitrogens with one attached hydrogen (secondary N) is 1. The number of phenols is 1. The van der Waals surface area contributed by atoms with Crippen LogP contribution in [0.5, 0.6) is 5.75 Å². The van der Waals surface area contributed by atoms with Gasteiger partial charge in [-0.2, -0.15) is 0 Å². The molecule has 0 aliphatic rings. The Kier molecular flexibility index (Phi) is 4.12. The van der Waals surface area contributed by atoms with Crippen molar-refractivity contribution in [1.82, 2.24) is 5.32 Å². The zero-order valence-electron chi connectivity index (χ0n) is 8.73. The first kappa shape index (κ1) is 11.5. The smallest absolute Gasteiger partial charge is 0.236 e. The third-order valence-corrected chi connectivity index (χ3v) is 2.10. The quantitative estimate of drug-likeness (QED) is 0.670. The van der Waals surface area contributed by atoms with Gasteiger partial charge in [-0.05, 0) is 25.0 Å². The minimum Gasteiger partial charge on any atom is -0.508 e. The van der Waals surface area contributed by atoms with Crippen molar-refractivity contribution in [3.8, 4) is 5.75 Å². The Morgan fingerprint density at radius 3 is 2.80 bits per heavy atom. The van der Waals surface area contributed by atoms with Gasteiger partial charge in [0, 0.05) is 6.54 Å². The van der Waals surface area contributed by atoms with Crippen molar-refractivity contribution >= 4 is 5.91 Å². The zero-order chi connectivity index (χ0) is 11.3. The summed E-state index contributed by atoms with van der Waals surface area (Å²) < 4.78 is 0. The first-order chi connectivity index (χ1) is 7.11. The van der Waals surface area contributed by atoms with Gasteiger partial charge in [-0.15, -0.1) is 0 Å². The van der Waals surface area contributed by atoms with E-state index in [2.05, 4.69) is 5.32 Å². The van der Waals surface area contributed by atoms with Crippen LogP contribution < -0.4 is 11.1 Å². The van der Waals surface area contributed by atoms with Crippen molar-refractivity contribution in [2.45, 2.75) is 19.4 Å². The summed E-state index contributed by atoms with van der Waals surface area (Å²) in [5.74, 6) is 0.0815. The van der Waals surface area contributed by atoms with E-state index >= 15 is 0 Å². The van der Waals surface area contributed by atoms with E-state index in [9.17, 15) is 9.90 Å². The van der Waals surface area contributed by atoms with E-state index < -0.39 is 6.04 Å². The normalized spacial score (nSPS) is 12.1. The maximum absolute atomic E-state index is 11.1. The van der Waals surface area contributed by atoms with Gasteiger partial charge in [0.05, 0.1) is 6.04 Å². The summed E-state index contributed by atoms with van der Waals surface area (Å²) in [5.41, 5.74) is 6.21. The molecule has 0 bridgehead atoms. The number of phenolic OH excluding ortho intramolecular Hbond substituents is 1. The van der Waals surface area contributed by atoms with Crippen molar-refractivity contribution in [2.24, 2.45) is 5.73 Å². The fourth-order valence-corrected chi connectivity index (χ4v) is 1.20. The van der Waals surface area contributed by atoms with Crippen LogP contribution in [0.25, 0.3) is 0 Å². The summed E-state index contributed by atoms with van der Waals surface area (Å²) in [6.07, 6.45) is 0.602. The molecule has 0 aliphatic carbocycles. The molecule has 1 rings (SSSR count). The lowest BCUT2D eigenvalue weighted by Gasteiger charge is -2.08. The van der Waals surface area contributed by atoms with Crippen molar-refractivity contribution in [1.29, 1.82) is 0 Å². The molecule has 0 heterocycles. The van der Waals surface area contributed by atoms with Crippen LogP contribution in [0.3, 0.4) is 0 Å². The van der Waals surface area contributed by atoms with Gasteiger partial charge in [0.15, 0.2) is 0 Å². The topological polar surface area (TPSA) is 75.4 Å². The van der Waals surface area contributed by atoms with Crippen LogP contribution >= 0.6 is 0 Å². The number of carbonyl (C=O) groups is 1. The molecule has 1 amide bonds. The number of hydrogen-bond donors (Lipinski definition) is 3. The van der Waals surface area contributed by atoms with Gasteiger partial charge in [0.2, 0.25) is 5.91 Å². The largest absolute Gasteiger partial charge is 0.508 e. The molecule has 82 valence electrons. The molecule has 4 N–H and O–H groups in total. The molecule has 0 radical (unpaired) electrons. The second-order valence-electron chi connectivity index (χ2n) is 3.46. The molecule has 0 fully saturated rings. The first-order valence-electron chi connectivity index (χ1n) is 4.91. The summed E-state index contributed by atoms with van der Waals surface area (Å²) >= 11 is 0. The molecule has 1 unspecified atom stereocenters. The maximum Gasteiger partial charge on any atom is 0.236 e. The van der Waals surface area contributed by atoms with Gasteiger partial charge in [-0.25, -0.2) is 0 Å². The minimum absolute atomic E-state index is 0.176. The standard InChI is InChI=1S/C11H16N2O2/c1-8(12)11(15)13-7-6-9-4-2-3-5-10(9)14/h2-5,8,14H,6-7,12H2,1H3,(H,13,15). The van der Waals surface area contributed by atoms with E-state index in [0.29, 0.717) is 13.0 Å². The lowest BCUT2D eigenvalue weighted by atomic mass is 10.1. The molecule has 0 aliphatic heterocycles. The number of nitrogens with two attached hydrogens (primary N) is 1. The number of carbonyl (C=O) groups excluding carboxylic acids is 1. The highest BCUT2D eigenvalue weighted by Gasteiger charge is 2.06. The highest BCUT2D eigenvalue weighted by atomic mass is 16.3. The number of aromatic hydroxyl groups is 1. The maximum atomic E-state index is 11.1. The molecule has 15 heavy (non-hydrogen) atoms. The van der Waals surface area contributed by atoms with E-state index in [1.807, 2.05) is 12.1 Å². The lowest BCUT2D eigenvalue weighted by Crippen LogP contribution is -2.39. The van der Waals surface area contributed by atoms with Gasteiger partial charge < -0.3 is 16.2 Å². The van der Waals surface area contributed by atoms with Gasteiger partial charge in [0.1, 0.15) is 5.75 Å². The third-order valence-electron chi connectivity index (χ3n) is 2.10. The Balaban J connectivity index is 2.38. The number of benzene rings is 1. The molecule has 0 saturated heterocycles. The second-order valence-corrected chi connectivity index (χ2v) is 3.46. The van der Waals surface area contributed by atoms with Gasteiger partial charge in [0.25, 0.3) is 0 Å². The van der Waals surface area contributed by atoms with Crippen LogP contribution in [0.1, 0.15) is 12.5 Å². The predicted octanol–water partition coefficient (Wildman–Crippen LogP) is 0.398.